The number of rotatable bonds is 0. The van der Waals surface area contributed by atoms with Crippen LogP contribution in [0.5, 0.6) is 0 Å². The zero-order valence-corrected chi connectivity index (χ0v) is 8.92. The Bertz CT molecular complexity index is 337. The normalized spacial score (nSPS) is 15.2. The average molecular weight is 198 g/mol. The van der Waals surface area contributed by atoms with Crippen LogP contribution in [0, 0.1) is 0 Å². The van der Waals surface area contributed by atoms with Crippen LogP contribution in [0.15, 0.2) is 21.1 Å². The smallest absolute Gasteiger partial charge is 0.137 e. The van der Waals surface area contributed by atoms with Crippen molar-refractivity contribution in [1.82, 2.24) is 4.98 Å². The summed E-state index contributed by atoms with van der Waals surface area (Å²) in [6, 6.07) is 0. The summed E-state index contributed by atoms with van der Waals surface area (Å²) in [6.45, 7) is 4.27. The van der Waals surface area contributed by atoms with Crippen molar-refractivity contribution in [2.24, 2.45) is 0 Å². The molecule has 64 valence electrons. The maximum absolute atomic E-state index is 4.29. The second-order valence-electron chi connectivity index (χ2n) is 2.93. The topological polar surface area (TPSA) is 16.1 Å². The van der Waals surface area contributed by atoms with E-state index in [0.29, 0.717) is 0 Å². The summed E-state index contributed by atoms with van der Waals surface area (Å²) < 4.78 is 0. The van der Waals surface area contributed by atoms with Crippen LogP contribution in [-0.2, 0) is 0 Å². The third-order valence-electron chi connectivity index (χ3n) is 1.75. The lowest BCUT2D eigenvalue weighted by Gasteiger charge is -2.12. The van der Waals surface area contributed by atoms with E-state index in [1.165, 1.54) is 15.6 Å². The first-order chi connectivity index (χ1) is 5.70. The minimum absolute atomic E-state index is 1.15. The molecule has 0 saturated carbocycles. The van der Waals surface area contributed by atoms with Crippen molar-refractivity contribution in [3.8, 4) is 0 Å². The first kappa shape index (κ1) is 8.13. The van der Waals surface area contributed by atoms with Crippen molar-refractivity contribution in [3.63, 3.8) is 0 Å². The molecule has 1 aromatic heterocycles. The molecule has 0 atom stereocenters. The van der Waals surface area contributed by atoms with Gasteiger partial charge in [0.1, 0.15) is 10.0 Å². The molecule has 2 heterocycles. The fourth-order valence-electron chi connectivity index (χ4n) is 1.21. The van der Waals surface area contributed by atoms with Gasteiger partial charge < -0.3 is 4.90 Å². The van der Waals surface area contributed by atoms with Gasteiger partial charge in [0.2, 0.25) is 0 Å². The molecular formula is C8H10N2S2. The second-order valence-corrected chi connectivity index (χ2v) is 4.74. The molecule has 0 spiro atoms. The van der Waals surface area contributed by atoms with Crippen molar-refractivity contribution in [2.75, 3.05) is 11.9 Å². The number of hydrogen-bond acceptors (Lipinski definition) is 4. The van der Waals surface area contributed by atoms with Gasteiger partial charge in [0.05, 0.1) is 10.5 Å². The summed E-state index contributed by atoms with van der Waals surface area (Å²) in [5, 5.41) is 3.75. The molecule has 12 heavy (non-hydrogen) atoms. The largest absolute Gasteiger partial charge is 0.329 e. The standard InChI is InChI=1S/C8H10N2S2/c1-5(2)7-10(3)8-6(12-7)9-4-11-8/h4H,1-3H3. The highest BCUT2D eigenvalue weighted by atomic mass is 32.2. The first-order valence-corrected chi connectivity index (χ1v) is 5.42. The van der Waals surface area contributed by atoms with Gasteiger partial charge in [-0.2, -0.15) is 0 Å². The maximum atomic E-state index is 4.29. The molecule has 1 aliphatic heterocycles. The molecule has 0 bridgehead atoms. The van der Waals surface area contributed by atoms with Crippen LogP contribution in [0.1, 0.15) is 13.8 Å². The van der Waals surface area contributed by atoms with Gasteiger partial charge in [-0.15, -0.1) is 11.3 Å². The zero-order chi connectivity index (χ0) is 8.72. The predicted octanol–water partition coefficient (Wildman–Crippen LogP) is 2.94. The Morgan fingerprint density at radius 3 is 2.83 bits per heavy atom. The van der Waals surface area contributed by atoms with Crippen LogP contribution in [0.3, 0.4) is 0 Å². The third-order valence-corrected chi connectivity index (χ3v) is 4.15. The zero-order valence-electron chi connectivity index (χ0n) is 7.29. The molecule has 0 fully saturated rings. The minimum Gasteiger partial charge on any atom is -0.329 e. The Morgan fingerprint density at radius 2 is 2.25 bits per heavy atom. The van der Waals surface area contributed by atoms with E-state index in [1.54, 1.807) is 23.1 Å². The van der Waals surface area contributed by atoms with Crippen LogP contribution in [0.2, 0.25) is 0 Å². The van der Waals surface area contributed by atoms with Crippen molar-refractivity contribution in [3.05, 3.63) is 16.1 Å². The molecule has 0 unspecified atom stereocenters. The molecule has 4 heteroatoms. The van der Waals surface area contributed by atoms with E-state index < -0.39 is 0 Å². The van der Waals surface area contributed by atoms with Gasteiger partial charge in [0, 0.05) is 7.05 Å². The monoisotopic (exact) mass is 198 g/mol. The van der Waals surface area contributed by atoms with Crippen LogP contribution < -0.4 is 4.90 Å². The fourth-order valence-corrected chi connectivity index (χ4v) is 3.21. The summed E-state index contributed by atoms with van der Waals surface area (Å²) in [6.07, 6.45) is 0. The van der Waals surface area contributed by atoms with Gasteiger partial charge in [0.15, 0.2) is 0 Å². The van der Waals surface area contributed by atoms with E-state index in [0.717, 1.165) is 5.03 Å². The number of thioether (sulfide) groups is 1. The molecule has 0 saturated heterocycles. The highest BCUT2D eigenvalue weighted by Crippen LogP contribution is 2.47. The van der Waals surface area contributed by atoms with Crippen molar-refractivity contribution in [2.45, 2.75) is 18.9 Å². The molecule has 0 aromatic carbocycles. The lowest BCUT2D eigenvalue weighted by molar-refractivity contribution is 1.13. The summed E-state index contributed by atoms with van der Waals surface area (Å²) in [5.74, 6) is 0. The van der Waals surface area contributed by atoms with Gasteiger partial charge >= 0.3 is 0 Å². The van der Waals surface area contributed by atoms with Gasteiger partial charge in [-0.25, -0.2) is 4.98 Å². The fraction of sp³-hybridized carbons (Fsp3) is 0.375. The molecule has 0 radical (unpaired) electrons. The number of fused-ring (bicyclic) bond motifs is 1. The van der Waals surface area contributed by atoms with Crippen molar-refractivity contribution >= 4 is 28.1 Å². The summed E-state index contributed by atoms with van der Waals surface area (Å²) in [7, 11) is 2.10. The Kier molecular flexibility index (Phi) is 1.88. The first-order valence-electron chi connectivity index (χ1n) is 3.72. The molecule has 0 N–H and O–H groups in total. The van der Waals surface area contributed by atoms with E-state index >= 15 is 0 Å². The molecule has 2 rings (SSSR count). The van der Waals surface area contributed by atoms with Crippen LogP contribution >= 0.6 is 23.1 Å². The molecule has 0 aliphatic carbocycles. The Morgan fingerprint density at radius 1 is 1.50 bits per heavy atom. The van der Waals surface area contributed by atoms with Crippen LogP contribution in [0.25, 0.3) is 0 Å². The number of aromatic nitrogens is 1. The number of hydrogen-bond donors (Lipinski definition) is 0. The molecule has 1 aliphatic rings. The lowest BCUT2D eigenvalue weighted by Crippen LogP contribution is -2.09. The molecule has 2 nitrogen and oxygen atoms in total. The van der Waals surface area contributed by atoms with Crippen LogP contribution in [-0.4, -0.2) is 12.0 Å². The number of anilines is 1. The highest BCUT2D eigenvalue weighted by molar-refractivity contribution is 8.03. The summed E-state index contributed by atoms with van der Waals surface area (Å²) in [4.78, 5) is 6.50. The second kappa shape index (κ2) is 2.78. The lowest BCUT2D eigenvalue weighted by atomic mass is 10.4. The number of allylic oxidation sites excluding steroid dienone is 1. The van der Waals surface area contributed by atoms with E-state index in [2.05, 4.69) is 30.8 Å². The predicted molar refractivity (Wildman–Crippen MR) is 54.7 cm³/mol. The summed E-state index contributed by atoms with van der Waals surface area (Å²) in [5.41, 5.74) is 3.25. The van der Waals surface area contributed by atoms with Crippen LogP contribution in [0.4, 0.5) is 5.00 Å². The molecule has 1 aromatic rings. The minimum atomic E-state index is 1.15. The quantitative estimate of drug-likeness (QED) is 0.637. The summed E-state index contributed by atoms with van der Waals surface area (Å²) >= 11 is 3.46. The number of thiazole rings is 1. The SMILES string of the molecule is CC(C)=C1Sc2ncsc2N1C. The van der Waals surface area contributed by atoms with E-state index in [9.17, 15) is 0 Å². The molecule has 0 amide bonds. The number of nitrogens with zero attached hydrogens (tertiary/aromatic N) is 2. The van der Waals surface area contributed by atoms with Crippen molar-refractivity contribution < 1.29 is 0 Å². The maximum Gasteiger partial charge on any atom is 0.137 e. The highest BCUT2D eigenvalue weighted by Gasteiger charge is 2.25. The van der Waals surface area contributed by atoms with Gasteiger partial charge in [-0.05, 0) is 31.2 Å². The Balaban J connectivity index is 2.46. The van der Waals surface area contributed by atoms with Gasteiger partial charge in [-0.1, -0.05) is 0 Å². The van der Waals surface area contributed by atoms with Gasteiger partial charge in [0.25, 0.3) is 0 Å². The van der Waals surface area contributed by atoms with Crippen molar-refractivity contribution in [1.29, 1.82) is 0 Å². The van der Waals surface area contributed by atoms with Gasteiger partial charge in [-0.3, -0.25) is 0 Å². The third kappa shape index (κ3) is 1.06. The molecular weight excluding hydrogens is 188 g/mol. The Hall–Kier alpha value is -0.480. The van der Waals surface area contributed by atoms with E-state index in [4.69, 9.17) is 0 Å². The average Bonchev–Trinajstić information content (AvgIpc) is 2.53. The van der Waals surface area contributed by atoms with E-state index in [1.807, 2.05) is 5.51 Å². The Labute approximate surface area is 80.3 Å². The van der Waals surface area contributed by atoms with E-state index in [-0.39, 0.29) is 0 Å².